The lowest BCUT2D eigenvalue weighted by Crippen LogP contribution is -2.21. The van der Waals surface area contributed by atoms with Crippen molar-refractivity contribution in [2.45, 2.75) is 44.4 Å². The molecule has 1 aliphatic rings. The average molecular weight is 281 g/mol. The van der Waals surface area contributed by atoms with E-state index in [0.29, 0.717) is 0 Å². The summed E-state index contributed by atoms with van der Waals surface area (Å²) in [6.45, 7) is 0. The number of aromatic nitrogens is 2. The molecule has 1 aromatic heterocycles. The van der Waals surface area contributed by atoms with E-state index in [1.807, 2.05) is 0 Å². The first-order valence-corrected chi connectivity index (χ1v) is 6.11. The molecule has 2 rings (SSSR count). The molecule has 0 bridgehead atoms. The Morgan fingerprint density at radius 2 is 1.83 bits per heavy atom. The minimum absolute atomic E-state index is 0.0780. The second-order valence-corrected chi connectivity index (χ2v) is 4.57. The van der Waals surface area contributed by atoms with Crippen molar-refractivity contribution in [1.82, 2.24) is 9.97 Å². The molecule has 1 aliphatic carbocycles. The van der Waals surface area contributed by atoms with Gasteiger partial charge >= 0.3 is 6.18 Å². The van der Waals surface area contributed by atoms with Gasteiger partial charge in [-0.1, -0.05) is 6.42 Å². The van der Waals surface area contributed by atoms with Gasteiger partial charge in [-0.2, -0.15) is 18.2 Å². The van der Waals surface area contributed by atoms with Crippen LogP contribution in [-0.4, -0.2) is 16.1 Å². The number of nitrogens with zero attached hydrogens (tertiary/aromatic N) is 2. The van der Waals surface area contributed by atoms with Crippen molar-refractivity contribution in [1.29, 1.82) is 0 Å². The highest BCUT2D eigenvalue weighted by atomic mass is 35.5. The van der Waals surface area contributed by atoms with Gasteiger partial charge in [0.05, 0.1) is 0 Å². The predicted molar refractivity (Wildman–Crippen MR) is 59.5 cm³/mol. The number of hydrogen-bond donors (Lipinski definition) is 0. The predicted octanol–water partition coefficient (Wildman–Crippen LogP) is 3.86. The lowest BCUT2D eigenvalue weighted by Gasteiger charge is -2.22. The van der Waals surface area contributed by atoms with E-state index in [9.17, 15) is 13.2 Å². The Morgan fingerprint density at radius 3 is 2.44 bits per heavy atom. The van der Waals surface area contributed by atoms with Crippen LogP contribution >= 0.6 is 11.6 Å². The third-order valence-electron chi connectivity index (χ3n) is 2.81. The van der Waals surface area contributed by atoms with E-state index in [1.165, 1.54) is 0 Å². The van der Waals surface area contributed by atoms with Gasteiger partial charge in [0.15, 0.2) is 5.69 Å². The van der Waals surface area contributed by atoms with Gasteiger partial charge in [-0.05, 0) is 37.3 Å². The van der Waals surface area contributed by atoms with E-state index < -0.39 is 17.2 Å². The molecule has 0 aromatic carbocycles. The maximum atomic E-state index is 12.5. The van der Waals surface area contributed by atoms with Gasteiger partial charge in [0, 0.05) is 6.07 Å². The summed E-state index contributed by atoms with van der Waals surface area (Å²) in [5.74, 6) is -0.103. The second kappa shape index (κ2) is 5.30. The third-order valence-corrected chi connectivity index (χ3v) is 2.97. The molecule has 100 valence electrons. The van der Waals surface area contributed by atoms with Crippen molar-refractivity contribution in [3.8, 4) is 5.88 Å². The van der Waals surface area contributed by atoms with Crippen molar-refractivity contribution in [2.75, 3.05) is 0 Å². The number of alkyl halides is 3. The molecule has 1 heterocycles. The Hall–Kier alpha value is -1.04. The molecule has 3 nitrogen and oxygen atoms in total. The van der Waals surface area contributed by atoms with Crippen LogP contribution in [0.2, 0.25) is 5.28 Å². The topological polar surface area (TPSA) is 35.0 Å². The lowest BCUT2D eigenvalue weighted by atomic mass is 9.98. The van der Waals surface area contributed by atoms with Gasteiger partial charge in [0.25, 0.3) is 0 Å². The van der Waals surface area contributed by atoms with Crippen LogP contribution in [0.25, 0.3) is 0 Å². The molecule has 0 spiro atoms. The summed E-state index contributed by atoms with van der Waals surface area (Å²) in [7, 11) is 0. The van der Waals surface area contributed by atoms with Gasteiger partial charge in [-0.15, -0.1) is 0 Å². The van der Waals surface area contributed by atoms with Gasteiger partial charge in [-0.3, -0.25) is 0 Å². The van der Waals surface area contributed by atoms with E-state index in [-0.39, 0.29) is 12.0 Å². The first-order valence-electron chi connectivity index (χ1n) is 5.73. The zero-order chi connectivity index (χ0) is 13.2. The van der Waals surface area contributed by atoms with Crippen molar-refractivity contribution >= 4 is 11.6 Å². The van der Waals surface area contributed by atoms with Crippen LogP contribution < -0.4 is 4.74 Å². The van der Waals surface area contributed by atoms with E-state index in [1.54, 1.807) is 0 Å². The second-order valence-electron chi connectivity index (χ2n) is 4.24. The monoisotopic (exact) mass is 280 g/mol. The SMILES string of the molecule is FC(F)(F)c1cc(OC2CCCCC2)nc(Cl)n1. The highest BCUT2D eigenvalue weighted by Crippen LogP contribution is 2.31. The fourth-order valence-electron chi connectivity index (χ4n) is 1.96. The fraction of sp³-hybridized carbons (Fsp3) is 0.636. The molecule has 7 heteroatoms. The molecular formula is C11H12ClF3N2O. The molecule has 0 radical (unpaired) electrons. The summed E-state index contributed by atoms with van der Waals surface area (Å²) in [5, 5.41) is -0.448. The first kappa shape index (κ1) is 13.4. The smallest absolute Gasteiger partial charge is 0.433 e. The van der Waals surface area contributed by atoms with Gasteiger partial charge in [0.2, 0.25) is 11.2 Å². The third kappa shape index (κ3) is 3.48. The number of rotatable bonds is 2. The van der Waals surface area contributed by atoms with Crippen molar-refractivity contribution in [2.24, 2.45) is 0 Å². The quantitative estimate of drug-likeness (QED) is 0.772. The molecule has 0 atom stereocenters. The summed E-state index contributed by atoms with van der Waals surface area (Å²) < 4.78 is 43.0. The number of halogens is 4. The van der Waals surface area contributed by atoms with Crippen molar-refractivity contribution in [3.05, 3.63) is 17.0 Å². The Morgan fingerprint density at radius 1 is 1.17 bits per heavy atom. The average Bonchev–Trinajstić information content (AvgIpc) is 2.28. The maximum absolute atomic E-state index is 12.5. The first-order chi connectivity index (χ1) is 8.45. The van der Waals surface area contributed by atoms with E-state index in [4.69, 9.17) is 16.3 Å². The zero-order valence-electron chi connectivity index (χ0n) is 9.50. The minimum Gasteiger partial charge on any atom is -0.474 e. The molecule has 1 aromatic rings. The van der Waals surface area contributed by atoms with Crippen LogP contribution in [0.1, 0.15) is 37.8 Å². The number of hydrogen-bond acceptors (Lipinski definition) is 3. The molecule has 18 heavy (non-hydrogen) atoms. The van der Waals surface area contributed by atoms with E-state index in [2.05, 4.69) is 9.97 Å². The van der Waals surface area contributed by atoms with Gasteiger partial charge in [0.1, 0.15) is 6.10 Å². The molecule has 0 saturated heterocycles. The van der Waals surface area contributed by atoms with Crippen molar-refractivity contribution in [3.63, 3.8) is 0 Å². The molecule has 0 N–H and O–H groups in total. The zero-order valence-corrected chi connectivity index (χ0v) is 10.3. The molecular weight excluding hydrogens is 269 g/mol. The van der Waals surface area contributed by atoms with Crippen LogP contribution in [0.3, 0.4) is 0 Å². The van der Waals surface area contributed by atoms with E-state index in [0.717, 1.165) is 38.2 Å². The molecule has 1 saturated carbocycles. The summed E-state index contributed by atoms with van der Waals surface area (Å²) in [6, 6.07) is 0.792. The highest BCUT2D eigenvalue weighted by molar-refractivity contribution is 6.28. The summed E-state index contributed by atoms with van der Waals surface area (Å²) in [5.41, 5.74) is -1.08. The van der Waals surface area contributed by atoms with Crippen molar-refractivity contribution < 1.29 is 17.9 Å². The summed E-state index contributed by atoms with van der Waals surface area (Å²) >= 11 is 5.47. The molecule has 0 aliphatic heterocycles. The van der Waals surface area contributed by atoms with Crippen LogP contribution in [0.15, 0.2) is 6.07 Å². The largest absolute Gasteiger partial charge is 0.474 e. The minimum atomic E-state index is -4.54. The molecule has 0 amide bonds. The Balaban J connectivity index is 2.14. The standard InChI is InChI=1S/C11H12ClF3N2O/c12-10-16-8(11(13,14)15)6-9(17-10)18-7-4-2-1-3-5-7/h6-7H,1-5H2. The van der Waals surface area contributed by atoms with E-state index >= 15 is 0 Å². The van der Waals surface area contributed by atoms with Gasteiger partial charge < -0.3 is 4.74 Å². The molecule has 1 fully saturated rings. The summed E-state index contributed by atoms with van der Waals surface area (Å²) in [4.78, 5) is 6.82. The van der Waals surface area contributed by atoms with Crippen LogP contribution in [-0.2, 0) is 6.18 Å². The Bertz CT molecular complexity index is 419. The van der Waals surface area contributed by atoms with Crippen LogP contribution in [0, 0.1) is 0 Å². The molecule has 0 unspecified atom stereocenters. The maximum Gasteiger partial charge on any atom is 0.433 e. The Kier molecular flexibility index (Phi) is 3.94. The number of ether oxygens (including phenoxy) is 1. The normalized spacial score (nSPS) is 17.8. The lowest BCUT2D eigenvalue weighted by molar-refractivity contribution is -0.141. The fourth-order valence-corrected chi connectivity index (χ4v) is 2.13. The van der Waals surface area contributed by atoms with Crippen LogP contribution in [0.5, 0.6) is 5.88 Å². The summed E-state index contributed by atoms with van der Waals surface area (Å²) in [6.07, 6.45) is 0.234. The van der Waals surface area contributed by atoms with Crippen LogP contribution in [0.4, 0.5) is 13.2 Å². The Labute approximate surface area is 107 Å². The highest BCUT2D eigenvalue weighted by Gasteiger charge is 2.34. The van der Waals surface area contributed by atoms with Gasteiger partial charge in [-0.25, -0.2) is 4.98 Å².